The minimum atomic E-state index is -1.52. The zero-order valence-electron chi connectivity index (χ0n) is 20.9. The van der Waals surface area contributed by atoms with Crippen LogP contribution in [-0.2, 0) is 18.3 Å². The van der Waals surface area contributed by atoms with Crippen LogP contribution in [0.25, 0.3) is 11.3 Å². The highest BCUT2D eigenvalue weighted by atomic mass is 19.1. The first kappa shape index (κ1) is 27.1. The molecule has 3 aromatic rings. The lowest BCUT2D eigenvalue weighted by molar-refractivity contribution is -0.142. The predicted octanol–water partition coefficient (Wildman–Crippen LogP) is 1.49. The van der Waals surface area contributed by atoms with E-state index < -0.39 is 30.3 Å². The molecule has 0 spiro atoms. The second-order valence-electron chi connectivity index (χ2n) is 9.16. The van der Waals surface area contributed by atoms with E-state index in [1.54, 1.807) is 25.4 Å². The van der Waals surface area contributed by atoms with E-state index in [1.807, 2.05) is 0 Å². The zero-order chi connectivity index (χ0) is 27.2. The van der Waals surface area contributed by atoms with Gasteiger partial charge in [-0.05, 0) is 43.0 Å². The van der Waals surface area contributed by atoms with E-state index in [4.69, 9.17) is 5.11 Å². The Labute approximate surface area is 218 Å². The maximum atomic E-state index is 15.1. The summed E-state index contributed by atoms with van der Waals surface area (Å²) in [5.41, 5.74) is 1.18. The molecule has 0 aliphatic carbocycles. The third kappa shape index (κ3) is 6.32. The van der Waals surface area contributed by atoms with E-state index in [-0.39, 0.29) is 35.5 Å². The number of aliphatic hydroxyl groups excluding tert-OH is 2. The van der Waals surface area contributed by atoms with Crippen LogP contribution in [0, 0.1) is 11.6 Å². The van der Waals surface area contributed by atoms with Crippen molar-refractivity contribution >= 4 is 17.6 Å². The molecule has 12 heteroatoms. The number of amides is 2. The van der Waals surface area contributed by atoms with Crippen LogP contribution in [0.4, 0.5) is 14.6 Å². The number of nitrogens with zero attached hydrogens (tertiary/aromatic N) is 4. The third-order valence-corrected chi connectivity index (χ3v) is 6.41. The van der Waals surface area contributed by atoms with Gasteiger partial charge in [0.2, 0.25) is 0 Å². The molecule has 1 aromatic carbocycles. The number of carbonyl (C=O) groups is 2. The molecule has 1 aliphatic heterocycles. The fraction of sp³-hybridized carbons (Fsp3) is 0.385. The Morgan fingerprint density at radius 3 is 2.79 bits per heavy atom. The lowest BCUT2D eigenvalue weighted by Crippen LogP contribution is -2.47. The van der Waals surface area contributed by atoms with Crippen LogP contribution in [-0.4, -0.2) is 80.1 Å². The maximum absolute atomic E-state index is 15.1. The topological polar surface area (TPSA) is 133 Å². The molecule has 1 aliphatic rings. The molecule has 2 amide bonds. The Kier molecular flexibility index (Phi) is 8.64. The molecule has 0 saturated carbocycles. The van der Waals surface area contributed by atoms with E-state index in [9.17, 15) is 19.1 Å². The number of halogens is 2. The number of hydrogen-bond acceptors (Lipinski definition) is 7. The zero-order valence-corrected chi connectivity index (χ0v) is 20.9. The van der Waals surface area contributed by atoms with E-state index in [0.29, 0.717) is 37.9 Å². The number of aryl methyl sites for hydroxylation is 1. The van der Waals surface area contributed by atoms with Crippen molar-refractivity contribution in [1.29, 1.82) is 0 Å². The van der Waals surface area contributed by atoms with Gasteiger partial charge in [0, 0.05) is 44.5 Å². The van der Waals surface area contributed by atoms with Gasteiger partial charge < -0.3 is 25.7 Å². The van der Waals surface area contributed by atoms with Gasteiger partial charge in [-0.3, -0.25) is 14.3 Å². The summed E-state index contributed by atoms with van der Waals surface area (Å²) in [4.78, 5) is 31.3. The highest BCUT2D eigenvalue weighted by molar-refractivity contribution is 5.99. The highest BCUT2D eigenvalue weighted by Gasteiger charge is 2.32. The fourth-order valence-corrected chi connectivity index (χ4v) is 4.47. The number of carbonyl (C=O) groups excluding carboxylic acids is 2. The SMILES string of the molecule is Cn1cc(-c2nc(NCCc3cccc(F)c3)c(C(=O)NC[C@H]3CCCN3C(=O)C(O)CO)cc2F)cn1. The molecule has 0 radical (unpaired) electrons. The van der Waals surface area contributed by atoms with Gasteiger partial charge in [-0.25, -0.2) is 13.8 Å². The Morgan fingerprint density at radius 2 is 2.08 bits per heavy atom. The van der Waals surface area contributed by atoms with Crippen LogP contribution >= 0.6 is 0 Å². The van der Waals surface area contributed by atoms with Crippen molar-refractivity contribution in [2.24, 2.45) is 7.05 Å². The van der Waals surface area contributed by atoms with Crippen LogP contribution in [0.15, 0.2) is 42.7 Å². The standard InChI is InChI=1S/C26H30F2N6O4/c1-33-14-17(12-31-33)23-21(28)11-20(24(32-23)29-8-7-16-4-2-5-18(27)10-16)25(37)30-13-19-6-3-9-34(19)26(38)22(36)15-35/h2,4-5,10-12,14,19,22,35-36H,3,6-9,13,15H2,1H3,(H,29,32)(H,30,37)/t19-,22?/m1/s1. The molecule has 0 bridgehead atoms. The summed E-state index contributed by atoms with van der Waals surface area (Å²) in [5.74, 6) is -2.11. The molecule has 4 rings (SSSR count). The van der Waals surface area contributed by atoms with Crippen LogP contribution in [0.2, 0.25) is 0 Å². The average Bonchev–Trinajstić information content (AvgIpc) is 3.56. The van der Waals surface area contributed by atoms with E-state index >= 15 is 4.39 Å². The molecule has 38 heavy (non-hydrogen) atoms. The fourth-order valence-electron chi connectivity index (χ4n) is 4.47. The van der Waals surface area contributed by atoms with Gasteiger partial charge in [-0.2, -0.15) is 5.10 Å². The molecular formula is C26H30F2N6O4. The van der Waals surface area contributed by atoms with E-state index in [0.717, 1.165) is 11.6 Å². The molecule has 1 saturated heterocycles. The Morgan fingerprint density at radius 1 is 1.26 bits per heavy atom. The summed E-state index contributed by atoms with van der Waals surface area (Å²) in [6.07, 6.45) is 3.29. The predicted molar refractivity (Wildman–Crippen MR) is 135 cm³/mol. The average molecular weight is 529 g/mol. The van der Waals surface area contributed by atoms with Crippen LogP contribution < -0.4 is 10.6 Å². The quantitative estimate of drug-likeness (QED) is 0.313. The smallest absolute Gasteiger partial charge is 0.255 e. The van der Waals surface area contributed by atoms with Gasteiger partial charge in [0.25, 0.3) is 11.8 Å². The Balaban J connectivity index is 1.52. The Bertz CT molecular complexity index is 1300. The first-order valence-corrected chi connectivity index (χ1v) is 12.3. The summed E-state index contributed by atoms with van der Waals surface area (Å²) in [6, 6.07) is 6.88. The summed E-state index contributed by atoms with van der Waals surface area (Å²) >= 11 is 0. The second kappa shape index (κ2) is 12.1. The van der Waals surface area contributed by atoms with Crippen molar-refractivity contribution in [3.8, 4) is 11.3 Å². The minimum Gasteiger partial charge on any atom is -0.393 e. The normalized spacial score (nSPS) is 15.9. The lowest BCUT2D eigenvalue weighted by atomic mass is 10.1. The van der Waals surface area contributed by atoms with Crippen molar-refractivity contribution < 1.29 is 28.6 Å². The first-order chi connectivity index (χ1) is 18.3. The van der Waals surface area contributed by atoms with Gasteiger partial charge in [0.05, 0.1) is 18.4 Å². The van der Waals surface area contributed by atoms with Crippen molar-refractivity contribution in [2.75, 3.05) is 31.6 Å². The number of aliphatic hydroxyl groups is 2. The number of nitrogens with one attached hydrogen (secondary N) is 2. The van der Waals surface area contributed by atoms with Crippen LogP contribution in [0.5, 0.6) is 0 Å². The molecule has 10 nitrogen and oxygen atoms in total. The van der Waals surface area contributed by atoms with Gasteiger partial charge >= 0.3 is 0 Å². The second-order valence-corrected chi connectivity index (χ2v) is 9.16. The van der Waals surface area contributed by atoms with E-state index in [2.05, 4.69) is 20.7 Å². The minimum absolute atomic E-state index is 0.0217. The van der Waals surface area contributed by atoms with Gasteiger partial charge in [-0.1, -0.05) is 12.1 Å². The van der Waals surface area contributed by atoms with Gasteiger partial charge in [0.1, 0.15) is 17.3 Å². The molecule has 2 aromatic heterocycles. The van der Waals surface area contributed by atoms with Gasteiger partial charge in [-0.15, -0.1) is 0 Å². The molecule has 1 unspecified atom stereocenters. The number of aromatic nitrogens is 3. The van der Waals surface area contributed by atoms with Crippen molar-refractivity contribution in [3.63, 3.8) is 0 Å². The summed E-state index contributed by atoms with van der Waals surface area (Å²) in [7, 11) is 1.69. The molecular weight excluding hydrogens is 498 g/mol. The number of likely N-dealkylation sites (tertiary alicyclic amines) is 1. The monoisotopic (exact) mass is 528 g/mol. The summed E-state index contributed by atoms with van der Waals surface area (Å²) < 4.78 is 30.2. The molecule has 202 valence electrons. The number of rotatable bonds is 10. The molecule has 4 N–H and O–H groups in total. The van der Waals surface area contributed by atoms with Crippen molar-refractivity contribution in [3.05, 3.63) is 65.5 Å². The van der Waals surface area contributed by atoms with Crippen molar-refractivity contribution in [2.45, 2.75) is 31.4 Å². The molecule has 3 heterocycles. The van der Waals surface area contributed by atoms with Crippen LogP contribution in [0.1, 0.15) is 28.8 Å². The van der Waals surface area contributed by atoms with Gasteiger partial charge in [0.15, 0.2) is 11.9 Å². The summed E-state index contributed by atoms with van der Waals surface area (Å²) in [5, 5.41) is 28.7. The number of pyridine rings is 1. The number of anilines is 1. The maximum Gasteiger partial charge on any atom is 0.255 e. The molecule has 2 atom stereocenters. The highest BCUT2D eigenvalue weighted by Crippen LogP contribution is 2.26. The molecule has 1 fully saturated rings. The lowest BCUT2D eigenvalue weighted by Gasteiger charge is -2.26. The van der Waals surface area contributed by atoms with Crippen molar-refractivity contribution in [1.82, 2.24) is 25.0 Å². The summed E-state index contributed by atoms with van der Waals surface area (Å²) in [6.45, 7) is 0.100. The van der Waals surface area contributed by atoms with Crippen LogP contribution in [0.3, 0.4) is 0 Å². The Hall–Kier alpha value is -3.90. The van der Waals surface area contributed by atoms with E-state index in [1.165, 1.54) is 27.9 Å². The number of hydrogen-bond donors (Lipinski definition) is 4. The first-order valence-electron chi connectivity index (χ1n) is 12.3. The number of benzene rings is 1. The largest absolute Gasteiger partial charge is 0.393 e. The third-order valence-electron chi connectivity index (χ3n) is 6.41.